The second-order valence-electron chi connectivity index (χ2n) is 8.04. The van der Waals surface area contributed by atoms with E-state index in [0.29, 0.717) is 48.9 Å². The maximum Gasteiger partial charge on any atom is 0.274 e. The third-order valence-electron chi connectivity index (χ3n) is 5.54. The number of aromatic nitrogens is 3. The Kier molecular flexibility index (Phi) is 8.40. The van der Waals surface area contributed by atoms with E-state index in [4.69, 9.17) is 18.7 Å². The van der Waals surface area contributed by atoms with Crippen LogP contribution in [0.4, 0.5) is 4.39 Å². The van der Waals surface area contributed by atoms with Gasteiger partial charge in [0.25, 0.3) is 5.89 Å². The topological polar surface area (TPSA) is 101 Å². The molecule has 0 saturated carbocycles. The van der Waals surface area contributed by atoms with Crippen LogP contribution in [0.1, 0.15) is 19.4 Å². The first kappa shape index (κ1) is 25.7. The van der Waals surface area contributed by atoms with Crippen LogP contribution in [0, 0.1) is 5.82 Å². The molecular formula is C27H29FN4O5. The molecule has 2 aromatic carbocycles. The van der Waals surface area contributed by atoms with Crippen molar-refractivity contribution in [1.29, 1.82) is 0 Å². The number of carbonyl (C=O) groups is 1. The molecule has 1 N–H and O–H groups in total. The summed E-state index contributed by atoms with van der Waals surface area (Å²) >= 11 is 0. The summed E-state index contributed by atoms with van der Waals surface area (Å²) < 4.78 is 37.4. The van der Waals surface area contributed by atoms with Crippen molar-refractivity contribution in [3.8, 4) is 40.2 Å². The number of nitrogens with zero attached hydrogens (tertiary/aromatic N) is 3. The van der Waals surface area contributed by atoms with Gasteiger partial charge in [-0.3, -0.25) is 4.79 Å². The molecule has 0 aliphatic rings. The number of carbonyl (C=O) groups excluding carboxylic acids is 1. The first-order valence-electron chi connectivity index (χ1n) is 12.0. The molecule has 0 atom stereocenters. The Bertz CT molecular complexity index is 1350. The van der Waals surface area contributed by atoms with Gasteiger partial charge in [-0.2, -0.15) is 4.98 Å². The number of hydrogen-bond donors (Lipinski definition) is 1. The second kappa shape index (κ2) is 12.1. The van der Waals surface area contributed by atoms with E-state index in [0.717, 1.165) is 5.56 Å². The zero-order valence-corrected chi connectivity index (χ0v) is 21.0. The van der Waals surface area contributed by atoms with E-state index in [1.165, 1.54) is 19.2 Å². The molecule has 9 nitrogen and oxygen atoms in total. The first-order valence-corrected chi connectivity index (χ1v) is 12.0. The number of nitrogens with one attached hydrogen (secondary N) is 1. The molecule has 4 aromatic rings. The monoisotopic (exact) mass is 508 g/mol. The summed E-state index contributed by atoms with van der Waals surface area (Å²) in [5.41, 5.74) is 2.06. The molecule has 2 heterocycles. The van der Waals surface area contributed by atoms with Gasteiger partial charge in [0.15, 0.2) is 23.1 Å². The molecule has 37 heavy (non-hydrogen) atoms. The summed E-state index contributed by atoms with van der Waals surface area (Å²) in [5, 5.41) is 6.89. The van der Waals surface area contributed by atoms with Crippen molar-refractivity contribution < 1.29 is 27.9 Å². The SMILES string of the molecule is CCOc1ccc(CCNC(=O)Cn2cccc2-c2nc(-c3ccc(OC)c(F)c3)no2)cc1OCC. The van der Waals surface area contributed by atoms with Gasteiger partial charge in [-0.15, -0.1) is 0 Å². The summed E-state index contributed by atoms with van der Waals surface area (Å²) in [7, 11) is 1.40. The molecule has 0 aliphatic carbocycles. The van der Waals surface area contributed by atoms with Crippen LogP contribution in [0.5, 0.6) is 17.2 Å². The van der Waals surface area contributed by atoms with Gasteiger partial charge in [-0.05, 0) is 68.3 Å². The van der Waals surface area contributed by atoms with Gasteiger partial charge in [0.05, 0.1) is 20.3 Å². The summed E-state index contributed by atoms with van der Waals surface area (Å²) in [5.74, 6) is 1.30. The van der Waals surface area contributed by atoms with Gasteiger partial charge >= 0.3 is 0 Å². The van der Waals surface area contributed by atoms with Gasteiger partial charge in [-0.1, -0.05) is 11.2 Å². The van der Waals surface area contributed by atoms with Gasteiger partial charge in [0.1, 0.15) is 12.2 Å². The van der Waals surface area contributed by atoms with Crippen LogP contribution in [-0.2, 0) is 17.8 Å². The van der Waals surface area contributed by atoms with Crippen LogP contribution >= 0.6 is 0 Å². The van der Waals surface area contributed by atoms with Crippen LogP contribution in [0.15, 0.2) is 59.3 Å². The maximum absolute atomic E-state index is 14.1. The van der Waals surface area contributed by atoms with E-state index in [1.807, 2.05) is 32.0 Å². The third kappa shape index (κ3) is 6.27. The molecule has 0 fully saturated rings. The van der Waals surface area contributed by atoms with Crippen LogP contribution in [-0.4, -0.2) is 47.5 Å². The van der Waals surface area contributed by atoms with Crippen molar-refractivity contribution in [1.82, 2.24) is 20.0 Å². The predicted octanol–water partition coefficient (Wildman–Crippen LogP) is 4.51. The lowest BCUT2D eigenvalue weighted by atomic mass is 10.1. The minimum absolute atomic E-state index is 0.0741. The van der Waals surface area contributed by atoms with Crippen molar-refractivity contribution in [2.24, 2.45) is 0 Å². The van der Waals surface area contributed by atoms with Crippen molar-refractivity contribution in [3.63, 3.8) is 0 Å². The van der Waals surface area contributed by atoms with Gasteiger partial charge in [0, 0.05) is 18.3 Å². The number of ether oxygens (including phenoxy) is 3. The highest BCUT2D eigenvalue weighted by atomic mass is 19.1. The Balaban J connectivity index is 1.36. The lowest BCUT2D eigenvalue weighted by Gasteiger charge is -2.13. The quantitative estimate of drug-likeness (QED) is 0.301. The average Bonchev–Trinajstić information content (AvgIpc) is 3.55. The minimum Gasteiger partial charge on any atom is -0.494 e. The Labute approximate surface area is 214 Å². The normalized spacial score (nSPS) is 10.8. The Morgan fingerprint density at radius 1 is 1.05 bits per heavy atom. The molecule has 0 spiro atoms. The molecule has 0 radical (unpaired) electrons. The van der Waals surface area contributed by atoms with Crippen LogP contribution in [0.25, 0.3) is 23.0 Å². The molecule has 0 unspecified atom stereocenters. The molecular weight excluding hydrogens is 479 g/mol. The molecule has 1 amide bonds. The van der Waals surface area contributed by atoms with Gasteiger partial charge < -0.3 is 28.6 Å². The zero-order chi connectivity index (χ0) is 26.2. The van der Waals surface area contributed by atoms with Crippen LogP contribution in [0.2, 0.25) is 0 Å². The lowest BCUT2D eigenvalue weighted by molar-refractivity contribution is -0.121. The maximum atomic E-state index is 14.1. The number of rotatable bonds is 12. The fraction of sp³-hybridized carbons (Fsp3) is 0.296. The van der Waals surface area contributed by atoms with Crippen molar-refractivity contribution in [2.45, 2.75) is 26.8 Å². The van der Waals surface area contributed by atoms with Crippen molar-refractivity contribution in [3.05, 3.63) is 66.1 Å². The highest BCUT2D eigenvalue weighted by molar-refractivity contribution is 5.76. The minimum atomic E-state index is -0.522. The summed E-state index contributed by atoms with van der Waals surface area (Å²) in [4.78, 5) is 17.0. The molecule has 0 bridgehead atoms. The van der Waals surface area contributed by atoms with E-state index in [9.17, 15) is 9.18 Å². The summed E-state index contributed by atoms with van der Waals surface area (Å²) in [6, 6.07) is 13.8. The number of benzene rings is 2. The fourth-order valence-electron chi connectivity index (χ4n) is 3.80. The van der Waals surface area contributed by atoms with E-state index in [2.05, 4.69) is 15.5 Å². The van der Waals surface area contributed by atoms with E-state index in [-0.39, 0.29) is 29.9 Å². The Morgan fingerprint density at radius 3 is 2.59 bits per heavy atom. The number of amides is 1. The Hall–Kier alpha value is -4.34. The van der Waals surface area contributed by atoms with E-state index in [1.54, 1.807) is 29.0 Å². The van der Waals surface area contributed by atoms with Gasteiger partial charge in [-0.25, -0.2) is 4.39 Å². The molecule has 4 rings (SSSR count). The Morgan fingerprint density at radius 2 is 1.84 bits per heavy atom. The number of hydrogen-bond acceptors (Lipinski definition) is 7. The van der Waals surface area contributed by atoms with Crippen molar-refractivity contribution >= 4 is 5.91 Å². The summed E-state index contributed by atoms with van der Waals surface area (Å²) in [6.45, 7) is 5.48. The molecule has 0 saturated heterocycles. The number of methoxy groups -OCH3 is 1. The third-order valence-corrected chi connectivity index (χ3v) is 5.54. The van der Waals surface area contributed by atoms with Gasteiger partial charge in [0.2, 0.25) is 11.7 Å². The predicted molar refractivity (Wildman–Crippen MR) is 135 cm³/mol. The zero-order valence-electron chi connectivity index (χ0n) is 21.0. The fourth-order valence-corrected chi connectivity index (χ4v) is 3.80. The van der Waals surface area contributed by atoms with E-state index >= 15 is 0 Å². The largest absolute Gasteiger partial charge is 0.494 e. The number of halogens is 1. The lowest BCUT2D eigenvalue weighted by Crippen LogP contribution is -2.29. The van der Waals surface area contributed by atoms with Crippen molar-refractivity contribution in [2.75, 3.05) is 26.9 Å². The summed E-state index contributed by atoms with van der Waals surface area (Å²) in [6.07, 6.45) is 2.40. The average molecular weight is 509 g/mol. The standard InChI is InChI=1S/C27H29FN4O5/c1-4-35-23-10-8-18(15-24(23)36-5-2)12-13-29-25(33)17-32-14-6-7-21(32)27-30-26(31-37-27)19-9-11-22(34-3)20(28)16-19/h6-11,14-16H,4-5,12-13,17H2,1-3H3,(H,29,33). The highest BCUT2D eigenvalue weighted by Crippen LogP contribution is 2.29. The highest BCUT2D eigenvalue weighted by Gasteiger charge is 2.17. The second-order valence-corrected chi connectivity index (χ2v) is 8.04. The molecule has 0 aliphatic heterocycles. The van der Waals surface area contributed by atoms with E-state index < -0.39 is 5.82 Å². The molecule has 10 heteroatoms. The molecule has 2 aromatic heterocycles. The first-order chi connectivity index (χ1) is 18.0. The molecule has 194 valence electrons. The van der Waals surface area contributed by atoms with Crippen LogP contribution < -0.4 is 19.5 Å². The smallest absolute Gasteiger partial charge is 0.274 e. The van der Waals surface area contributed by atoms with Crippen LogP contribution in [0.3, 0.4) is 0 Å².